The maximum absolute atomic E-state index is 10.6. The van der Waals surface area contributed by atoms with Gasteiger partial charge < -0.3 is 9.53 Å². The summed E-state index contributed by atoms with van der Waals surface area (Å²) in [4.78, 5) is 20.5. The number of hydrogen-bond acceptors (Lipinski definition) is 3. The van der Waals surface area contributed by atoms with Gasteiger partial charge in [0, 0.05) is 12.8 Å². The van der Waals surface area contributed by atoms with Gasteiger partial charge in [-0.3, -0.25) is 4.79 Å². The molecule has 0 heterocycles. The van der Waals surface area contributed by atoms with Gasteiger partial charge in [0.15, 0.2) is 6.61 Å². The summed E-state index contributed by atoms with van der Waals surface area (Å²) in [6.45, 7) is 0.0138. The number of terminal acetylenes is 1. The first-order chi connectivity index (χ1) is 5.31. The Morgan fingerprint density at radius 3 is 2.91 bits per heavy atom. The Labute approximate surface area is 65.7 Å². The summed E-state index contributed by atoms with van der Waals surface area (Å²) < 4.78 is 4.55. The first kappa shape index (κ1) is 9.70. The summed E-state index contributed by atoms with van der Waals surface area (Å²) in [5.74, 6) is 1.83. The molecule has 0 aliphatic carbocycles. The number of ether oxygens (including phenoxy) is 1. The number of esters is 1. The highest BCUT2D eigenvalue weighted by molar-refractivity contribution is 5.69. The third kappa shape index (κ3) is 6.59. The lowest BCUT2D eigenvalue weighted by Gasteiger charge is -1.97. The fourth-order valence-corrected chi connectivity index (χ4v) is 0.524. The second kappa shape index (κ2) is 6.81. The first-order valence-electron chi connectivity index (χ1n) is 3.34. The largest absolute Gasteiger partial charge is 0.452 e. The van der Waals surface area contributed by atoms with Crippen LogP contribution in [-0.4, -0.2) is 18.9 Å². The zero-order chi connectivity index (χ0) is 8.53. The fraction of sp³-hybridized carbons (Fsp3) is 0.500. The summed E-state index contributed by atoms with van der Waals surface area (Å²) >= 11 is 0. The molecule has 0 fully saturated rings. The monoisotopic (exact) mass is 154 g/mol. The predicted octanol–water partition coefficient (Wildman–Crippen LogP) is 0.532. The van der Waals surface area contributed by atoms with E-state index in [-0.39, 0.29) is 19.0 Å². The van der Waals surface area contributed by atoms with Crippen LogP contribution in [0.2, 0.25) is 0 Å². The van der Waals surface area contributed by atoms with Crippen molar-refractivity contribution in [1.29, 1.82) is 0 Å². The lowest BCUT2D eigenvalue weighted by atomic mass is 10.2. The van der Waals surface area contributed by atoms with Crippen molar-refractivity contribution in [3.63, 3.8) is 0 Å². The number of aldehydes is 1. The van der Waals surface area contributed by atoms with Crippen LogP contribution < -0.4 is 0 Å². The van der Waals surface area contributed by atoms with Gasteiger partial charge in [-0.25, -0.2) is 0 Å². The van der Waals surface area contributed by atoms with Gasteiger partial charge in [-0.05, 0) is 6.42 Å². The predicted molar refractivity (Wildman–Crippen MR) is 39.7 cm³/mol. The summed E-state index contributed by atoms with van der Waals surface area (Å²) in [5, 5.41) is 0. The van der Waals surface area contributed by atoms with Crippen LogP contribution in [-0.2, 0) is 14.3 Å². The Balaban J connectivity index is 3.24. The molecule has 0 aromatic rings. The van der Waals surface area contributed by atoms with Crippen LogP contribution in [0.15, 0.2) is 0 Å². The van der Waals surface area contributed by atoms with Crippen molar-refractivity contribution >= 4 is 12.3 Å². The molecule has 0 atom stereocenters. The second-order valence-electron chi connectivity index (χ2n) is 1.92. The van der Waals surface area contributed by atoms with Gasteiger partial charge in [0.1, 0.15) is 6.29 Å². The highest BCUT2D eigenvalue weighted by atomic mass is 16.5. The SMILES string of the molecule is C#CCOC(=O)CCCC=O. The quantitative estimate of drug-likeness (QED) is 0.251. The van der Waals surface area contributed by atoms with Gasteiger partial charge in [0.2, 0.25) is 0 Å². The number of hydrogen-bond donors (Lipinski definition) is 0. The minimum Gasteiger partial charge on any atom is -0.452 e. The minimum absolute atomic E-state index is 0.0138. The van der Waals surface area contributed by atoms with Crippen LogP contribution in [0.25, 0.3) is 0 Å². The molecule has 0 bridgehead atoms. The summed E-state index contributed by atoms with van der Waals surface area (Å²) in [7, 11) is 0. The number of carbonyl (C=O) groups excluding carboxylic acids is 2. The number of rotatable bonds is 5. The highest BCUT2D eigenvalue weighted by Crippen LogP contribution is 1.94. The lowest BCUT2D eigenvalue weighted by Crippen LogP contribution is -2.03. The fourth-order valence-electron chi connectivity index (χ4n) is 0.524. The zero-order valence-corrected chi connectivity index (χ0v) is 6.21. The lowest BCUT2D eigenvalue weighted by molar-refractivity contribution is -0.142. The molecule has 0 rings (SSSR count). The Hall–Kier alpha value is -1.30. The van der Waals surface area contributed by atoms with Crippen LogP contribution >= 0.6 is 0 Å². The average Bonchev–Trinajstić information content (AvgIpc) is 2.01. The van der Waals surface area contributed by atoms with Crippen molar-refractivity contribution in [1.82, 2.24) is 0 Å². The van der Waals surface area contributed by atoms with E-state index in [9.17, 15) is 9.59 Å². The van der Waals surface area contributed by atoms with E-state index < -0.39 is 0 Å². The summed E-state index contributed by atoms with van der Waals surface area (Å²) in [6.07, 6.45) is 6.81. The molecule has 0 spiro atoms. The summed E-state index contributed by atoms with van der Waals surface area (Å²) in [5.41, 5.74) is 0. The van der Waals surface area contributed by atoms with Crippen LogP contribution in [0.3, 0.4) is 0 Å². The molecule has 3 nitrogen and oxygen atoms in total. The first-order valence-corrected chi connectivity index (χ1v) is 3.34. The smallest absolute Gasteiger partial charge is 0.306 e. The minimum atomic E-state index is -0.343. The van der Waals surface area contributed by atoms with E-state index in [1.165, 1.54) is 0 Å². The molecule has 0 N–H and O–H groups in total. The maximum Gasteiger partial charge on any atom is 0.306 e. The Morgan fingerprint density at radius 1 is 1.64 bits per heavy atom. The van der Waals surface area contributed by atoms with Gasteiger partial charge >= 0.3 is 5.97 Å². The Morgan fingerprint density at radius 2 is 2.36 bits per heavy atom. The molecular formula is C8H10O3. The molecule has 3 heteroatoms. The van der Waals surface area contributed by atoms with Gasteiger partial charge in [-0.1, -0.05) is 5.92 Å². The molecule has 0 amide bonds. The van der Waals surface area contributed by atoms with Gasteiger partial charge in [-0.15, -0.1) is 6.42 Å². The van der Waals surface area contributed by atoms with E-state index in [4.69, 9.17) is 6.42 Å². The Kier molecular flexibility index (Phi) is 6.01. The molecule has 0 aromatic heterocycles. The van der Waals surface area contributed by atoms with E-state index in [2.05, 4.69) is 10.7 Å². The molecular weight excluding hydrogens is 144 g/mol. The van der Waals surface area contributed by atoms with Gasteiger partial charge in [0.25, 0.3) is 0 Å². The molecule has 0 aliphatic heterocycles. The highest BCUT2D eigenvalue weighted by Gasteiger charge is 1.99. The third-order valence-corrected chi connectivity index (χ3v) is 1.02. The van der Waals surface area contributed by atoms with E-state index in [0.29, 0.717) is 12.8 Å². The van der Waals surface area contributed by atoms with Crippen LogP contribution in [0.4, 0.5) is 0 Å². The van der Waals surface area contributed by atoms with Crippen molar-refractivity contribution in [3.05, 3.63) is 0 Å². The van der Waals surface area contributed by atoms with Crippen molar-refractivity contribution in [3.8, 4) is 12.3 Å². The van der Waals surface area contributed by atoms with Gasteiger partial charge in [-0.2, -0.15) is 0 Å². The van der Waals surface area contributed by atoms with Gasteiger partial charge in [0.05, 0.1) is 0 Å². The average molecular weight is 154 g/mol. The van der Waals surface area contributed by atoms with Crippen molar-refractivity contribution in [2.75, 3.05) is 6.61 Å². The van der Waals surface area contributed by atoms with Crippen LogP contribution in [0.1, 0.15) is 19.3 Å². The second-order valence-corrected chi connectivity index (χ2v) is 1.92. The zero-order valence-electron chi connectivity index (χ0n) is 6.21. The molecule has 60 valence electrons. The normalized spacial score (nSPS) is 8.27. The molecule has 0 saturated carbocycles. The van der Waals surface area contributed by atoms with E-state index in [1.807, 2.05) is 0 Å². The standard InChI is InChI=1S/C8H10O3/c1-2-7-11-8(10)5-3-4-6-9/h1,6H,3-5,7H2. The maximum atomic E-state index is 10.6. The topological polar surface area (TPSA) is 43.4 Å². The summed E-state index contributed by atoms with van der Waals surface area (Å²) in [6, 6.07) is 0. The van der Waals surface area contributed by atoms with Crippen LogP contribution in [0.5, 0.6) is 0 Å². The van der Waals surface area contributed by atoms with Crippen LogP contribution in [0, 0.1) is 12.3 Å². The molecule has 0 unspecified atom stereocenters. The number of unbranched alkanes of at least 4 members (excludes halogenated alkanes) is 1. The van der Waals surface area contributed by atoms with Crippen molar-refractivity contribution < 1.29 is 14.3 Å². The molecule has 0 aliphatic rings. The molecule has 0 aromatic carbocycles. The molecule has 0 saturated heterocycles. The number of carbonyl (C=O) groups is 2. The van der Waals surface area contributed by atoms with E-state index in [0.717, 1.165) is 6.29 Å². The molecule has 0 radical (unpaired) electrons. The Bertz CT molecular complexity index is 167. The van der Waals surface area contributed by atoms with Crippen molar-refractivity contribution in [2.24, 2.45) is 0 Å². The third-order valence-electron chi connectivity index (χ3n) is 1.02. The van der Waals surface area contributed by atoms with E-state index in [1.54, 1.807) is 0 Å². The van der Waals surface area contributed by atoms with E-state index >= 15 is 0 Å². The van der Waals surface area contributed by atoms with Crippen molar-refractivity contribution in [2.45, 2.75) is 19.3 Å². The molecule has 11 heavy (non-hydrogen) atoms.